The van der Waals surface area contributed by atoms with Crippen molar-refractivity contribution in [2.24, 2.45) is 5.73 Å². The molecular formula is C13H18N2O2S. The maximum Gasteiger partial charge on any atom is 0.138 e. The lowest BCUT2D eigenvalue weighted by Crippen LogP contribution is -2.29. The summed E-state index contributed by atoms with van der Waals surface area (Å²) in [5, 5.41) is 0. The fourth-order valence-electron chi connectivity index (χ4n) is 2.21. The topological polar surface area (TPSA) is 57.4 Å². The van der Waals surface area contributed by atoms with Gasteiger partial charge in [0.05, 0.1) is 18.0 Å². The zero-order chi connectivity index (χ0) is 13.0. The zero-order valence-electron chi connectivity index (χ0n) is 10.5. The van der Waals surface area contributed by atoms with E-state index in [1.165, 1.54) is 0 Å². The largest absolute Gasteiger partial charge is 0.489 e. The number of nitrogens with two attached hydrogens (primary N) is 1. The van der Waals surface area contributed by atoms with Crippen LogP contribution in [-0.4, -0.2) is 29.3 Å². The fourth-order valence-corrected chi connectivity index (χ4v) is 2.33. The molecule has 0 amide bonds. The quantitative estimate of drug-likeness (QED) is 0.845. The Morgan fingerprint density at radius 3 is 2.78 bits per heavy atom. The van der Waals surface area contributed by atoms with Gasteiger partial charge in [-0.2, -0.15) is 0 Å². The van der Waals surface area contributed by atoms with Crippen molar-refractivity contribution in [2.75, 3.05) is 7.11 Å². The molecule has 4 nitrogen and oxygen atoms in total. The van der Waals surface area contributed by atoms with Crippen LogP contribution in [0.2, 0.25) is 0 Å². The number of ether oxygens (including phenoxy) is 2. The maximum absolute atomic E-state index is 5.90. The Labute approximate surface area is 112 Å². The van der Waals surface area contributed by atoms with Crippen LogP contribution in [-0.2, 0) is 4.74 Å². The third-order valence-corrected chi connectivity index (χ3v) is 3.41. The molecule has 1 aromatic heterocycles. The van der Waals surface area contributed by atoms with Gasteiger partial charge < -0.3 is 15.2 Å². The van der Waals surface area contributed by atoms with E-state index in [9.17, 15) is 0 Å². The van der Waals surface area contributed by atoms with E-state index in [-0.39, 0.29) is 6.10 Å². The molecule has 2 unspecified atom stereocenters. The maximum atomic E-state index is 5.90. The summed E-state index contributed by atoms with van der Waals surface area (Å²) in [5.41, 5.74) is 6.12. The molecule has 2 atom stereocenters. The molecule has 0 spiro atoms. The average molecular weight is 266 g/mol. The molecule has 98 valence electrons. The number of pyridine rings is 1. The fraction of sp³-hybridized carbons (Fsp3) is 0.538. The lowest BCUT2D eigenvalue weighted by Gasteiger charge is -2.28. The summed E-state index contributed by atoms with van der Waals surface area (Å²) in [4.78, 5) is 4.46. The minimum Gasteiger partial charge on any atom is -0.489 e. The highest BCUT2D eigenvalue weighted by atomic mass is 32.1. The first-order valence-electron chi connectivity index (χ1n) is 6.14. The van der Waals surface area contributed by atoms with E-state index in [0.717, 1.165) is 31.4 Å². The van der Waals surface area contributed by atoms with E-state index in [4.69, 9.17) is 27.4 Å². The van der Waals surface area contributed by atoms with E-state index in [1.54, 1.807) is 19.4 Å². The summed E-state index contributed by atoms with van der Waals surface area (Å²) in [6, 6.07) is 3.65. The molecule has 1 saturated carbocycles. The Morgan fingerprint density at radius 1 is 1.39 bits per heavy atom. The number of methoxy groups -OCH3 is 1. The number of nitrogens with zero attached hydrogens (tertiary/aromatic N) is 1. The number of aromatic nitrogens is 1. The van der Waals surface area contributed by atoms with Gasteiger partial charge in [0.1, 0.15) is 16.8 Å². The third-order valence-electron chi connectivity index (χ3n) is 3.20. The van der Waals surface area contributed by atoms with Gasteiger partial charge in [-0.15, -0.1) is 0 Å². The molecule has 1 fully saturated rings. The van der Waals surface area contributed by atoms with Crippen LogP contribution < -0.4 is 10.5 Å². The van der Waals surface area contributed by atoms with Gasteiger partial charge >= 0.3 is 0 Å². The standard InChI is InChI=1S/C13H18N2O2S/c1-16-9-3-2-4-10(7-9)17-11-5-6-12(13(14)18)15-8-11/h5-6,8-10H,2-4,7H2,1H3,(H2,14,18). The molecule has 1 aliphatic rings. The van der Waals surface area contributed by atoms with Crippen LogP contribution in [0.25, 0.3) is 0 Å². The Kier molecular flexibility index (Phi) is 4.49. The molecule has 0 radical (unpaired) electrons. The number of hydrogen-bond acceptors (Lipinski definition) is 4. The lowest BCUT2D eigenvalue weighted by molar-refractivity contribution is 0.0208. The summed E-state index contributed by atoms with van der Waals surface area (Å²) in [6.45, 7) is 0. The minimum absolute atomic E-state index is 0.209. The van der Waals surface area contributed by atoms with Crippen molar-refractivity contribution in [3.8, 4) is 5.75 Å². The van der Waals surface area contributed by atoms with Crippen LogP contribution in [0, 0.1) is 0 Å². The molecule has 2 N–H and O–H groups in total. The van der Waals surface area contributed by atoms with Crippen molar-refractivity contribution >= 4 is 17.2 Å². The summed E-state index contributed by atoms with van der Waals surface area (Å²) < 4.78 is 11.3. The summed E-state index contributed by atoms with van der Waals surface area (Å²) in [7, 11) is 1.76. The second-order valence-electron chi connectivity index (χ2n) is 4.51. The van der Waals surface area contributed by atoms with Gasteiger partial charge in [-0.3, -0.25) is 0 Å². The van der Waals surface area contributed by atoms with Gasteiger partial charge in [-0.25, -0.2) is 4.98 Å². The Hall–Kier alpha value is -1.20. The zero-order valence-corrected chi connectivity index (χ0v) is 11.3. The van der Waals surface area contributed by atoms with E-state index >= 15 is 0 Å². The summed E-state index contributed by atoms with van der Waals surface area (Å²) in [6.07, 6.45) is 6.46. The highest BCUT2D eigenvalue weighted by Gasteiger charge is 2.23. The van der Waals surface area contributed by atoms with Gasteiger partial charge in [0.25, 0.3) is 0 Å². The van der Waals surface area contributed by atoms with Crippen LogP contribution in [0.4, 0.5) is 0 Å². The summed E-state index contributed by atoms with van der Waals surface area (Å²) in [5.74, 6) is 0.761. The molecule has 5 heteroatoms. The van der Waals surface area contributed by atoms with Crippen LogP contribution in [0.5, 0.6) is 5.75 Å². The SMILES string of the molecule is COC1CCCC(Oc2ccc(C(N)=S)nc2)C1. The van der Waals surface area contributed by atoms with Crippen LogP contribution in [0.1, 0.15) is 31.4 Å². The first-order chi connectivity index (χ1) is 8.69. The highest BCUT2D eigenvalue weighted by Crippen LogP contribution is 2.24. The van der Waals surface area contributed by atoms with Gasteiger partial charge in [0.2, 0.25) is 0 Å². The molecule has 0 aliphatic heterocycles. The van der Waals surface area contributed by atoms with Crippen molar-refractivity contribution in [3.05, 3.63) is 24.0 Å². The third kappa shape index (κ3) is 3.40. The van der Waals surface area contributed by atoms with Gasteiger partial charge in [0.15, 0.2) is 0 Å². The Morgan fingerprint density at radius 2 is 2.17 bits per heavy atom. The van der Waals surface area contributed by atoms with E-state index in [0.29, 0.717) is 16.8 Å². The molecule has 1 aliphatic carbocycles. The smallest absolute Gasteiger partial charge is 0.138 e. The monoisotopic (exact) mass is 266 g/mol. The van der Waals surface area contributed by atoms with Crippen LogP contribution in [0.15, 0.2) is 18.3 Å². The second-order valence-corrected chi connectivity index (χ2v) is 4.95. The van der Waals surface area contributed by atoms with E-state index in [1.807, 2.05) is 6.07 Å². The molecular weight excluding hydrogens is 248 g/mol. The van der Waals surface area contributed by atoms with Crippen molar-refractivity contribution in [3.63, 3.8) is 0 Å². The average Bonchev–Trinajstić information content (AvgIpc) is 2.39. The van der Waals surface area contributed by atoms with Crippen molar-refractivity contribution < 1.29 is 9.47 Å². The predicted molar refractivity (Wildman–Crippen MR) is 73.8 cm³/mol. The number of hydrogen-bond donors (Lipinski definition) is 1. The van der Waals surface area contributed by atoms with Crippen LogP contribution in [0.3, 0.4) is 0 Å². The first-order valence-corrected chi connectivity index (χ1v) is 6.55. The Balaban J connectivity index is 1.94. The predicted octanol–water partition coefficient (Wildman–Crippen LogP) is 2.05. The first kappa shape index (κ1) is 13.2. The minimum atomic E-state index is 0.209. The highest BCUT2D eigenvalue weighted by molar-refractivity contribution is 7.80. The van der Waals surface area contributed by atoms with Gasteiger partial charge in [-0.05, 0) is 31.4 Å². The number of rotatable bonds is 4. The molecule has 1 aromatic rings. The molecule has 0 aromatic carbocycles. The number of thiocarbonyl (C=S) groups is 1. The van der Waals surface area contributed by atoms with Crippen LogP contribution >= 0.6 is 12.2 Å². The molecule has 0 bridgehead atoms. The van der Waals surface area contributed by atoms with E-state index < -0.39 is 0 Å². The summed E-state index contributed by atoms with van der Waals surface area (Å²) >= 11 is 4.86. The van der Waals surface area contributed by atoms with Crippen molar-refractivity contribution in [1.82, 2.24) is 4.98 Å². The molecule has 18 heavy (non-hydrogen) atoms. The van der Waals surface area contributed by atoms with Crippen molar-refractivity contribution in [1.29, 1.82) is 0 Å². The molecule has 0 saturated heterocycles. The van der Waals surface area contributed by atoms with Gasteiger partial charge in [0, 0.05) is 13.5 Å². The molecule has 1 heterocycles. The van der Waals surface area contributed by atoms with E-state index in [2.05, 4.69) is 4.98 Å². The van der Waals surface area contributed by atoms with Gasteiger partial charge in [-0.1, -0.05) is 12.2 Å². The van der Waals surface area contributed by atoms with Crippen molar-refractivity contribution in [2.45, 2.75) is 37.9 Å². The lowest BCUT2D eigenvalue weighted by atomic mass is 9.95. The second kappa shape index (κ2) is 6.11. The normalized spacial score (nSPS) is 23.6. The Bertz CT molecular complexity index is 408. The molecule has 2 rings (SSSR count).